The Hall–Kier alpha value is -2.86. The molecule has 9 heteroatoms. The van der Waals surface area contributed by atoms with Crippen LogP contribution in [0.25, 0.3) is 11.2 Å². The zero-order valence-corrected chi connectivity index (χ0v) is 14.4. The Morgan fingerprint density at radius 1 is 1.28 bits per heavy atom. The standard InChI is InChI=1S/C16H21N7O2/c1-3-4-7-22-13-14(21-8-5-18-6-9-21)19-11(2)20-15(13)23(16(22)25)10-12(17)24/h18H,5-10H2,1-2H3,(H2,17,24). The molecule has 0 unspecified atom stereocenters. The SMILES string of the molecule is CC#CCn1c(=O)n(CC(N)=O)c2nc(C)nc(N3CCNCC3)c21. The topological polar surface area (TPSA) is 111 Å². The van der Waals surface area contributed by atoms with Crippen LogP contribution in [-0.2, 0) is 17.9 Å². The lowest BCUT2D eigenvalue weighted by Gasteiger charge is -2.29. The van der Waals surface area contributed by atoms with Crippen LogP contribution in [0.1, 0.15) is 12.7 Å². The Morgan fingerprint density at radius 3 is 2.64 bits per heavy atom. The van der Waals surface area contributed by atoms with Gasteiger partial charge in [-0.05, 0) is 13.8 Å². The van der Waals surface area contributed by atoms with Crippen molar-refractivity contribution >= 4 is 22.9 Å². The first-order valence-electron chi connectivity index (χ1n) is 8.14. The van der Waals surface area contributed by atoms with Gasteiger partial charge in [0, 0.05) is 26.2 Å². The Balaban J connectivity index is 2.29. The van der Waals surface area contributed by atoms with E-state index in [4.69, 9.17) is 5.73 Å². The van der Waals surface area contributed by atoms with Gasteiger partial charge in [-0.15, -0.1) is 5.92 Å². The van der Waals surface area contributed by atoms with Gasteiger partial charge in [-0.25, -0.2) is 14.8 Å². The van der Waals surface area contributed by atoms with Crippen LogP contribution in [-0.4, -0.2) is 51.2 Å². The van der Waals surface area contributed by atoms with Crippen LogP contribution in [0.5, 0.6) is 0 Å². The second-order valence-electron chi connectivity index (χ2n) is 5.85. The summed E-state index contributed by atoms with van der Waals surface area (Å²) in [4.78, 5) is 35.4. The van der Waals surface area contributed by atoms with Crippen molar-refractivity contribution in [3.63, 3.8) is 0 Å². The van der Waals surface area contributed by atoms with E-state index < -0.39 is 5.91 Å². The number of rotatable bonds is 4. The van der Waals surface area contributed by atoms with Gasteiger partial charge < -0.3 is 16.0 Å². The van der Waals surface area contributed by atoms with Crippen LogP contribution in [0.4, 0.5) is 5.82 Å². The van der Waals surface area contributed by atoms with Gasteiger partial charge in [0.15, 0.2) is 11.5 Å². The lowest BCUT2D eigenvalue weighted by molar-refractivity contribution is -0.118. The van der Waals surface area contributed by atoms with Crippen molar-refractivity contribution in [1.29, 1.82) is 0 Å². The fourth-order valence-corrected chi connectivity index (χ4v) is 3.00. The van der Waals surface area contributed by atoms with Gasteiger partial charge in [0.2, 0.25) is 5.91 Å². The predicted molar refractivity (Wildman–Crippen MR) is 94.3 cm³/mol. The largest absolute Gasteiger partial charge is 0.368 e. The maximum atomic E-state index is 12.8. The average Bonchev–Trinajstić information content (AvgIpc) is 2.84. The third-order valence-electron chi connectivity index (χ3n) is 4.09. The number of nitrogens with two attached hydrogens (primary N) is 1. The van der Waals surface area contributed by atoms with Gasteiger partial charge in [-0.2, -0.15) is 0 Å². The molecule has 1 aliphatic heterocycles. The third-order valence-corrected chi connectivity index (χ3v) is 4.09. The van der Waals surface area contributed by atoms with Crippen LogP contribution >= 0.6 is 0 Å². The third kappa shape index (κ3) is 3.21. The first kappa shape index (κ1) is 17.0. The summed E-state index contributed by atoms with van der Waals surface area (Å²) >= 11 is 0. The van der Waals surface area contributed by atoms with E-state index >= 15 is 0 Å². The fourth-order valence-electron chi connectivity index (χ4n) is 3.00. The highest BCUT2D eigenvalue weighted by atomic mass is 16.2. The van der Waals surface area contributed by atoms with Crippen molar-refractivity contribution in [3.05, 3.63) is 16.3 Å². The summed E-state index contributed by atoms with van der Waals surface area (Å²) in [6.07, 6.45) is 0. The molecule has 9 nitrogen and oxygen atoms in total. The summed E-state index contributed by atoms with van der Waals surface area (Å²) in [6, 6.07) is 0. The van der Waals surface area contributed by atoms with E-state index in [1.54, 1.807) is 13.8 Å². The summed E-state index contributed by atoms with van der Waals surface area (Å²) in [5, 5.41) is 3.30. The maximum absolute atomic E-state index is 12.8. The molecule has 0 bridgehead atoms. The summed E-state index contributed by atoms with van der Waals surface area (Å²) in [6.45, 7) is 6.71. The number of nitrogens with one attached hydrogen (secondary N) is 1. The van der Waals surface area contributed by atoms with E-state index in [0.717, 1.165) is 26.2 Å². The number of fused-ring (bicyclic) bond motifs is 1. The fraction of sp³-hybridized carbons (Fsp3) is 0.500. The first-order chi connectivity index (χ1) is 12.0. The number of carbonyl (C=O) groups is 1. The summed E-state index contributed by atoms with van der Waals surface area (Å²) in [7, 11) is 0. The molecule has 0 saturated carbocycles. The maximum Gasteiger partial charge on any atom is 0.331 e. The molecule has 132 valence electrons. The molecule has 0 radical (unpaired) electrons. The highest BCUT2D eigenvalue weighted by molar-refractivity contribution is 5.86. The van der Waals surface area contributed by atoms with E-state index in [1.807, 2.05) is 0 Å². The average molecular weight is 343 g/mol. The van der Waals surface area contributed by atoms with Gasteiger partial charge in [-0.3, -0.25) is 13.9 Å². The zero-order valence-electron chi connectivity index (χ0n) is 14.4. The highest BCUT2D eigenvalue weighted by Gasteiger charge is 2.24. The molecular weight excluding hydrogens is 322 g/mol. The second-order valence-corrected chi connectivity index (χ2v) is 5.85. The van der Waals surface area contributed by atoms with Crippen LogP contribution in [0.3, 0.4) is 0 Å². The minimum atomic E-state index is -0.595. The number of piperazine rings is 1. The van der Waals surface area contributed by atoms with Crippen molar-refractivity contribution in [2.24, 2.45) is 5.73 Å². The van der Waals surface area contributed by atoms with E-state index in [0.29, 0.717) is 22.8 Å². The summed E-state index contributed by atoms with van der Waals surface area (Å²) < 4.78 is 2.82. The van der Waals surface area contributed by atoms with Crippen molar-refractivity contribution in [2.45, 2.75) is 26.9 Å². The minimum Gasteiger partial charge on any atom is -0.368 e. The molecule has 0 aromatic carbocycles. The number of anilines is 1. The van der Waals surface area contributed by atoms with Crippen molar-refractivity contribution in [3.8, 4) is 11.8 Å². The van der Waals surface area contributed by atoms with Crippen molar-refractivity contribution < 1.29 is 4.79 Å². The smallest absolute Gasteiger partial charge is 0.331 e. The second kappa shape index (κ2) is 6.94. The molecule has 3 rings (SSSR count). The number of amides is 1. The molecule has 1 amide bonds. The number of aromatic nitrogens is 4. The van der Waals surface area contributed by atoms with Crippen molar-refractivity contribution in [1.82, 2.24) is 24.4 Å². The van der Waals surface area contributed by atoms with Crippen LogP contribution in [0.15, 0.2) is 4.79 Å². The zero-order chi connectivity index (χ0) is 18.0. The molecule has 0 atom stereocenters. The molecule has 1 aliphatic rings. The molecule has 1 fully saturated rings. The number of aryl methyl sites for hydroxylation is 1. The number of nitrogens with zero attached hydrogens (tertiary/aromatic N) is 5. The quantitative estimate of drug-likeness (QED) is 0.676. The summed E-state index contributed by atoms with van der Waals surface area (Å²) in [5.74, 6) is 6.34. The minimum absolute atomic E-state index is 0.211. The number of hydrogen-bond acceptors (Lipinski definition) is 6. The molecule has 3 heterocycles. The summed E-state index contributed by atoms with van der Waals surface area (Å²) in [5.41, 5.74) is 5.98. The monoisotopic (exact) mass is 343 g/mol. The van der Waals surface area contributed by atoms with Crippen LogP contribution in [0, 0.1) is 18.8 Å². The lowest BCUT2D eigenvalue weighted by Crippen LogP contribution is -2.44. The van der Waals surface area contributed by atoms with Crippen molar-refractivity contribution in [2.75, 3.05) is 31.1 Å². The van der Waals surface area contributed by atoms with E-state index in [-0.39, 0.29) is 18.8 Å². The molecule has 25 heavy (non-hydrogen) atoms. The normalized spacial score (nSPS) is 14.4. The Kier molecular flexibility index (Phi) is 4.72. The van der Waals surface area contributed by atoms with Crippen LogP contribution < -0.4 is 21.6 Å². The highest BCUT2D eigenvalue weighted by Crippen LogP contribution is 2.24. The molecule has 1 saturated heterocycles. The number of carbonyl (C=O) groups excluding carboxylic acids is 1. The molecule has 2 aromatic rings. The van der Waals surface area contributed by atoms with Gasteiger partial charge in [-0.1, -0.05) is 5.92 Å². The predicted octanol–water partition coefficient (Wildman–Crippen LogP) is -1.18. The van der Waals surface area contributed by atoms with Crippen LogP contribution in [0.2, 0.25) is 0 Å². The van der Waals surface area contributed by atoms with Gasteiger partial charge >= 0.3 is 5.69 Å². The van der Waals surface area contributed by atoms with Gasteiger partial charge in [0.05, 0.1) is 6.54 Å². The lowest BCUT2D eigenvalue weighted by atomic mass is 10.3. The number of imidazole rings is 1. The Labute approximate surface area is 144 Å². The molecular formula is C16H21N7O2. The van der Waals surface area contributed by atoms with Gasteiger partial charge in [0.25, 0.3) is 0 Å². The number of hydrogen-bond donors (Lipinski definition) is 2. The molecule has 3 N–H and O–H groups in total. The number of primary amides is 1. The van der Waals surface area contributed by atoms with E-state index in [2.05, 4.69) is 32.0 Å². The Bertz CT molecular complexity index is 926. The van der Waals surface area contributed by atoms with Gasteiger partial charge in [0.1, 0.15) is 17.9 Å². The Morgan fingerprint density at radius 2 is 2.00 bits per heavy atom. The van der Waals surface area contributed by atoms with E-state index in [9.17, 15) is 9.59 Å². The molecule has 0 aliphatic carbocycles. The van der Waals surface area contributed by atoms with E-state index in [1.165, 1.54) is 9.13 Å². The molecule has 2 aromatic heterocycles. The first-order valence-corrected chi connectivity index (χ1v) is 8.14. The molecule has 0 spiro atoms.